The van der Waals surface area contributed by atoms with Crippen LogP contribution in [0.5, 0.6) is 0 Å². The van der Waals surface area contributed by atoms with E-state index >= 15 is 0 Å². The normalized spacial score (nSPS) is 3.33. The maximum atomic E-state index is 8.47. The summed E-state index contributed by atoms with van der Waals surface area (Å²) in [6.45, 7) is 0. The summed E-state index contributed by atoms with van der Waals surface area (Å²) in [6.07, 6.45) is 0. The van der Waals surface area contributed by atoms with E-state index in [0.29, 0.717) is 0 Å². The van der Waals surface area contributed by atoms with Crippen LogP contribution in [0.15, 0.2) is 5.34 Å². The van der Waals surface area contributed by atoms with Gasteiger partial charge >= 0.3 is 23.5 Å². The monoisotopic (exact) mass is 130 g/mol. The van der Waals surface area contributed by atoms with Crippen LogP contribution in [-0.4, -0.2) is 5.21 Å². The van der Waals surface area contributed by atoms with E-state index < -0.39 is 16.2 Å². The fraction of sp³-hybridized carbons (Fsp3) is 0. The molecule has 0 saturated carbocycles. The van der Waals surface area contributed by atoms with Gasteiger partial charge in [-0.15, -0.1) is 4.91 Å². The van der Waals surface area contributed by atoms with Crippen molar-refractivity contribution in [1.29, 1.82) is 0 Å². The van der Waals surface area contributed by atoms with Gasteiger partial charge in [0.05, 0.1) is 0 Å². The van der Waals surface area contributed by atoms with Crippen molar-refractivity contribution in [3.05, 3.63) is 4.91 Å². The van der Waals surface area contributed by atoms with Crippen molar-refractivity contribution in [2.45, 2.75) is 0 Å². The zero-order valence-corrected chi connectivity index (χ0v) is 3.96. The molecule has 5 nitrogen and oxygen atoms in total. The Kier molecular flexibility index (Phi) is 35.7. The number of hydrogen-bond acceptors (Lipinski definition) is 4. The summed E-state index contributed by atoms with van der Waals surface area (Å²) < 4.78 is 16.9. The zero-order valence-electron chi connectivity index (χ0n) is 2.57. The van der Waals surface area contributed by atoms with Gasteiger partial charge in [0.2, 0.25) is 0 Å². The molecule has 0 atom stereocenters. The van der Waals surface area contributed by atoms with Gasteiger partial charge in [0.1, 0.15) is 0 Å². The molecular weight excluding hydrogens is 129 g/mol. The summed E-state index contributed by atoms with van der Waals surface area (Å²) in [7, 11) is 0. The average Bonchev–Trinajstić information content (AvgIpc) is 1.39. The van der Waals surface area contributed by atoms with Gasteiger partial charge in [-0.05, 0) is 0 Å². The van der Waals surface area contributed by atoms with E-state index in [9.17, 15) is 0 Å². The van der Waals surface area contributed by atoms with Crippen LogP contribution in [0.1, 0.15) is 0 Å². The Labute approximate surface area is 39.8 Å². The van der Waals surface area contributed by atoms with Crippen molar-refractivity contribution in [1.82, 2.24) is 0 Å². The summed E-state index contributed by atoms with van der Waals surface area (Å²) in [5.74, 6) is 0. The summed E-state index contributed by atoms with van der Waals surface area (Å²) >= 11 is -1.81. The number of rotatable bonds is 0. The molecular formula is HNO4V. The van der Waals surface area contributed by atoms with Crippen LogP contribution < -0.4 is 0 Å². The molecule has 0 spiro atoms. The van der Waals surface area contributed by atoms with E-state index in [0.717, 1.165) is 0 Å². The topological polar surface area (TPSA) is 83.8 Å². The van der Waals surface area contributed by atoms with E-state index in [2.05, 4.69) is 0 Å². The van der Waals surface area contributed by atoms with Crippen molar-refractivity contribution >= 4 is 0 Å². The SMILES string of the molecule is O=NO.[O]=[V]=[O]. The van der Waals surface area contributed by atoms with Crippen LogP contribution in [0.4, 0.5) is 0 Å². The van der Waals surface area contributed by atoms with Gasteiger partial charge in [0.15, 0.2) is 5.34 Å². The van der Waals surface area contributed by atoms with Gasteiger partial charge in [-0.2, -0.15) is 0 Å². The van der Waals surface area contributed by atoms with Gasteiger partial charge in [0.25, 0.3) is 0 Å². The minimum absolute atomic E-state index is 1.25. The second-order valence-electron chi connectivity index (χ2n) is 0.156. The van der Waals surface area contributed by atoms with Gasteiger partial charge in [-0.25, -0.2) is 0 Å². The molecule has 6 heavy (non-hydrogen) atoms. The summed E-state index contributed by atoms with van der Waals surface area (Å²) in [5.41, 5.74) is 0. The minimum atomic E-state index is -1.81. The third-order valence-electron chi connectivity index (χ3n) is 0. The summed E-state index contributed by atoms with van der Waals surface area (Å²) in [5, 5.41) is 7.89. The molecule has 0 aliphatic rings. The second-order valence-corrected chi connectivity index (χ2v) is 0.389. The third-order valence-corrected chi connectivity index (χ3v) is 0. The molecule has 0 bridgehead atoms. The predicted molar refractivity (Wildman–Crippen MR) is 8.95 cm³/mol. The second kappa shape index (κ2) is 23.5. The van der Waals surface area contributed by atoms with Crippen molar-refractivity contribution < 1.29 is 28.7 Å². The van der Waals surface area contributed by atoms with E-state index in [-0.39, 0.29) is 0 Å². The van der Waals surface area contributed by atoms with Crippen LogP contribution in [-0.2, 0) is 23.5 Å². The van der Waals surface area contributed by atoms with Gasteiger partial charge in [0, 0.05) is 0 Å². The Morgan fingerprint density at radius 2 is 1.50 bits per heavy atom. The van der Waals surface area contributed by atoms with E-state index in [1.54, 1.807) is 0 Å². The first kappa shape index (κ1) is 9.14. The van der Waals surface area contributed by atoms with E-state index in [4.69, 9.17) is 17.5 Å². The molecule has 0 aromatic carbocycles. The van der Waals surface area contributed by atoms with Crippen molar-refractivity contribution in [3.63, 3.8) is 0 Å². The fourth-order valence-electron chi connectivity index (χ4n) is 0. The first-order valence-corrected chi connectivity index (χ1v) is 1.89. The molecule has 0 heterocycles. The molecule has 0 aliphatic carbocycles. The van der Waals surface area contributed by atoms with E-state index in [1.807, 2.05) is 0 Å². The first-order valence-electron chi connectivity index (χ1n) is 0.748. The molecule has 1 N–H and O–H groups in total. The Bertz CT molecular complexity index is 52.6. The van der Waals surface area contributed by atoms with Crippen molar-refractivity contribution in [3.8, 4) is 0 Å². The Morgan fingerprint density at radius 1 is 1.50 bits per heavy atom. The van der Waals surface area contributed by atoms with Crippen molar-refractivity contribution in [2.75, 3.05) is 0 Å². The molecule has 0 rings (SSSR count). The van der Waals surface area contributed by atoms with Crippen LogP contribution in [0.25, 0.3) is 0 Å². The Morgan fingerprint density at radius 3 is 1.50 bits per heavy atom. The Balaban J connectivity index is 0. The van der Waals surface area contributed by atoms with Gasteiger partial charge < -0.3 is 5.21 Å². The van der Waals surface area contributed by atoms with Crippen LogP contribution in [0.3, 0.4) is 0 Å². The van der Waals surface area contributed by atoms with Crippen molar-refractivity contribution in [2.24, 2.45) is 5.34 Å². The van der Waals surface area contributed by atoms with Gasteiger partial charge in [-0.1, -0.05) is 0 Å². The molecule has 0 aromatic heterocycles. The molecule has 0 unspecified atom stereocenters. The summed E-state index contributed by atoms with van der Waals surface area (Å²) in [6, 6.07) is 0. The number of nitrogens with zero attached hydrogens (tertiary/aromatic N) is 1. The maximum absolute atomic E-state index is 8.47. The average molecular weight is 130 g/mol. The third kappa shape index (κ3) is 139. The Hall–Kier alpha value is -0.416. The molecule has 0 radical (unpaired) electrons. The standard InChI is InChI=1S/HNO2.2O.V/c2-1-3;;;/h(H,2,3);;;. The van der Waals surface area contributed by atoms with Crippen LogP contribution in [0, 0.1) is 4.91 Å². The quantitative estimate of drug-likeness (QED) is 0.366. The molecule has 0 fully saturated rings. The first-order chi connectivity index (χ1) is 2.83. The summed E-state index contributed by atoms with van der Waals surface area (Å²) in [4.78, 5) is 8.11. The van der Waals surface area contributed by atoms with E-state index in [1.165, 1.54) is 5.34 Å². The molecule has 0 aliphatic heterocycles. The van der Waals surface area contributed by atoms with Crippen LogP contribution >= 0.6 is 0 Å². The number of hydrogen-bond donors (Lipinski definition) is 1. The molecule has 35 valence electrons. The molecule has 0 aromatic rings. The van der Waals surface area contributed by atoms with Gasteiger partial charge in [-0.3, -0.25) is 0 Å². The predicted octanol–water partition coefficient (Wildman–Crippen LogP) is -0.0981. The molecule has 0 saturated heterocycles. The van der Waals surface area contributed by atoms with Crippen LogP contribution in [0.2, 0.25) is 0 Å². The zero-order chi connectivity index (χ0) is 5.41. The molecule has 6 heteroatoms. The fourth-order valence-corrected chi connectivity index (χ4v) is 0. The molecule has 0 amide bonds.